The van der Waals surface area contributed by atoms with Gasteiger partial charge in [0.15, 0.2) is 5.82 Å². The van der Waals surface area contributed by atoms with Crippen LogP contribution in [0.1, 0.15) is 17.7 Å². The molecule has 0 radical (unpaired) electrons. The Kier molecular flexibility index (Phi) is 8.90. The van der Waals surface area contributed by atoms with E-state index in [0.717, 1.165) is 82.3 Å². The Hall–Kier alpha value is -2.75. The van der Waals surface area contributed by atoms with Crippen molar-refractivity contribution in [3.8, 4) is 11.4 Å². The zero-order valence-electron chi connectivity index (χ0n) is 21.3. The average molecular weight is 482 g/mol. The number of benzene rings is 1. The molecule has 2 aliphatic rings. The van der Waals surface area contributed by atoms with Gasteiger partial charge in [-0.05, 0) is 58.1 Å². The molecule has 0 bridgehead atoms. The highest BCUT2D eigenvalue weighted by atomic mass is 16.5. The van der Waals surface area contributed by atoms with Gasteiger partial charge >= 0.3 is 0 Å². The second-order valence-corrected chi connectivity index (χ2v) is 9.45. The molecule has 3 heterocycles. The third-order valence-electron chi connectivity index (χ3n) is 6.88. The van der Waals surface area contributed by atoms with E-state index in [0.29, 0.717) is 18.2 Å². The molecule has 0 unspecified atom stereocenters. The minimum Gasteiger partial charge on any atom is -0.379 e. The molecule has 2 N–H and O–H groups in total. The summed E-state index contributed by atoms with van der Waals surface area (Å²) in [5, 5.41) is 6.22. The monoisotopic (exact) mass is 481 g/mol. The van der Waals surface area contributed by atoms with Gasteiger partial charge in [0.05, 0.1) is 19.8 Å². The first kappa shape index (κ1) is 25.3. The summed E-state index contributed by atoms with van der Waals surface area (Å²) >= 11 is 0. The third-order valence-corrected chi connectivity index (χ3v) is 6.88. The predicted molar refractivity (Wildman–Crippen MR) is 140 cm³/mol. The molecule has 9 heteroatoms. The Morgan fingerprint density at radius 3 is 2.43 bits per heavy atom. The number of hydrogen-bond donors (Lipinski definition) is 2. The van der Waals surface area contributed by atoms with Crippen molar-refractivity contribution >= 4 is 17.4 Å². The number of carbonyl (C=O) groups is 1. The summed E-state index contributed by atoms with van der Waals surface area (Å²) in [4.78, 5) is 29.0. The second-order valence-electron chi connectivity index (χ2n) is 9.45. The van der Waals surface area contributed by atoms with Gasteiger partial charge in [0, 0.05) is 68.3 Å². The summed E-state index contributed by atoms with van der Waals surface area (Å²) in [6.07, 6.45) is 0.936. The first-order valence-electron chi connectivity index (χ1n) is 12.7. The van der Waals surface area contributed by atoms with Crippen molar-refractivity contribution in [1.29, 1.82) is 0 Å². The molecule has 2 saturated heterocycles. The molecule has 9 nitrogen and oxygen atoms in total. The number of rotatable bonds is 9. The molecule has 35 heavy (non-hydrogen) atoms. The van der Waals surface area contributed by atoms with Crippen molar-refractivity contribution in [2.75, 3.05) is 89.4 Å². The molecule has 2 fully saturated rings. The van der Waals surface area contributed by atoms with E-state index in [1.165, 1.54) is 5.69 Å². The van der Waals surface area contributed by atoms with Crippen LogP contribution in [0, 0.1) is 13.8 Å². The lowest BCUT2D eigenvalue weighted by Gasteiger charge is -2.34. The molecule has 2 aliphatic heterocycles. The lowest BCUT2D eigenvalue weighted by molar-refractivity contribution is -0.119. The fourth-order valence-electron chi connectivity index (χ4n) is 4.40. The summed E-state index contributed by atoms with van der Waals surface area (Å²) in [6.45, 7) is 13.6. The number of amides is 1. The van der Waals surface area contributed by atoms with Crippen LogP contribution in [0.15, 0.2) is 24.3 Å². The number of nitrogens with zero attached hydrogens (tertiary/aromatic N) is 5. The Labute approximate surface area is 208 Å². The van der Waals surface area contributed by atoms with E-state index < -0.39 is 0 Å². The molecule has 190 valence electrons. The highest BCUT2D eigenvalue weighted by Crippen LogP contribution is 2.24. The largest absolute Gasteiger partial charge is 0.379 e. The van der Waals surface area contributed by atoms with Gasteiger partial charge in [-0.1, -0.05) is 0 Å². The van der Waals surface area contributed by atoms with Gasteiger partial charge in [0.25, 0.3) is 0 Å². The number of ether oxygens (including phenoxy) is 1. The Bertz CT molecular complexity index is 968. The standard InChI is InChI=1S/C26H39N7O2/c1-20-21(2)29-26(22-5-7-23(8-6-22)33-13-11-31(3)12-14-33)30-25(20)28-19-24(34)27-9-4-10-32-15-17-35-18-16-32/h5-8H,4,9-19H2,1-3H3,(H,27,34)(H,28,29,30). The van der Waals surface area contributed by atoms with Crippen LogP contribution in [0.2, 0.25) is 0 Å². The number of nitrogens with one attached hydrogen (secondary N) is 2. The molecule has 2 aromatic rings. The van der Waals surface area contributed by atoms with Crippen molar-refractivity contribution in [1.82, 2.24) is 25.1 Å². The molecule has 4 rings (SSSR count). The van der Waals surface area contributed by atoms with Crippen LogP contribution in [0.4, 0.5) is 11.5 Å². The van der Waals surface area contributed by atoms with Crippen molar-refractivity contribution in [2.24, 2.45) is 0 Å². The molecule has 1 aromatic carbocycles. The SMILES string of the molecule is Cc1nc(-c2ccc(N3CCN(C)CC3)cc2)nc(NCC(=O)NCCCN2CCOCC2)c1C. The van der Waals surface area contributed by atoms with Crippen LogP contribution in [0.5, 0.6) is 0 Å². The number of carbonyl (C=O) groups excluding carboxylic acids is 1. The normalized spacial score (nSPS) is 17.4. The average Bonchev–Trinajstić information content (AvgIpc) is 2.88. The maximum Gasteiger partial charge on any atom is 0.239 e. The van der Waals surface area contributed by atoms with Crippen molar-refractivity contribution in [3.05, 3.63) is 35.5 Å². The van der Waals surface area contributed by atoms with Gasteiger partial charge < -0.3 is 25.2 Å². The fraction of sp³-hybridized carbons (Fsp3) is 0.577. The first-order chi connectivity index (χ1) is 17.0. The summed E-state index contributed by atoms with van der Waals surface area (Å²) < 4.78 is 5.37. The summed E-state index contributed by atoms with van der Waals surface area (Å²) in [6, 6.07) is 8.47. The molecule has 0 saturated carbocycles. The van der Waals surface area contributed by atoms with E-state index in [4.69, 9.17) is 14.7 Å². The van der Waals surface area contributed by atoms with E-state index in [2.05, 4.69) is 56.6 Å². The molecule has 0 aliphatic carbocycles. The molecule has 0 atom stereocenters. The summed E-state index contributed by atoms with van der Waals surface area (Å²) in [7, 11) is 2.17. The number of anilines is 2. The number of aryl methyl sites for hydroxylation is 1. The van der Waals surface area contributed by atoms with Gasteiger partial charge in [-0.25, -0.2) is 9.97 Å². The number of piperazine rings is 1. The highest BCUT2D eigenvalue weighted by molar-refractivity contribution is 5.80. The summed E-state index contributed by atoms with van der Waals surface area (Å²) in [5.41, 5.74) is 4.07. The number of aromatic nitrogens is 2. The van der Waals surface area contributed by atoms with Gasteiger partial charge in [0.2, 0.25) is 5.91 Å². The van der Waals surface area contributed by atoms with Crippen molar-refractivity contribution in [3.63, 3.8) is 0 Å². The number of hydrogen-bond acceptors (Lipinski definition) is 8. The summed E-state index contributed by atoms with van der Waals surface area (Å²) in [5.74, 6) is 1.35. The zero-order valence-corrected chi connectivity index (χ0v) is 21.3. The third kappa shape index (κ3) is 7.13. The Balaban J connectivity index is 1.30. The minimum absolute atomic E-state index is 0.0271. The minimum atomic E-state index is -0.0271. The maximum absolute atomic E-state index is 12.4. The first-order valence-corrected chi connectivity index (χ1v) is 12.7. The predicted octanol–water partition coefficient (Wildman–Crippen LogP) is 1.76. The lowest BCUT2D eigenvalue weighted by atomic mass is 10.1. The van der Waals surface area contributed by atoms with Gasteiger partial charge in [-0.15, -0.1) is 0 Å². The van der Waals surface area contributed by atoms with Crippen molar-refractivity contribution < 1.29 is 9.53 Å². The van der Waals surface area contributed by atoms with Gasteiger partial charge in [-0.3, -0.25) is 9.69 Å². The zero-order chi connectivity index (χ0) is 24.6. The topological polar surface area (TPSA) is 85.9 Å². The van der Waals surface area contributed by atoms with E-state index in [-0.39, 0.29) is 12.5 Å². The Morgan fingerprint density at radius 1 is 1.00 bits per heavy atom. The Morgan fingerprint density at radius 2 is 1.71 bits per heavy atom. The van der Waals surface area contributed by atoms with E-state index in [1.807, 2.05) is 13.8 Å². The molecule has 0 spiro atoms. The van der Waals surface area contributed by atoms with Crippen LogP contribution in [0.25, 0.3) is 11.4 Å². The van der Waals surface area contributed by atoms with Crippen LogP contribution >= 0.6 is 0 Å². The second kappa shape index (κ2) is 12.3. The quantitative estimate of drug-likeness (QED) is 0.524. The van der Waals surface area contributed by atoms with Crippen LogP contribution in [-0.2, 0) is 9.53 Å². The van der Waals surface area contributed by atoms with E-state index in [1.54, 1.807) is 0 Å². The fourth-order valence-corrected chi connectivity index (χ4v) is 4.40. The van der Waals surface area contributed by atoms with Gasteiger partial charge in [0.1, 0.15) is 5.82 Å². The maximum atomic E-state index is 12.4. The van der Waals surface area contributed by atoms with Crippen molar-refractivity contribution in [2.45, 2.75) is 20.3 Å². The smallest absolute Gasteiger partial charge is 0.239 e. The van der Waals surface area contributed by atoms with Crippen LogP contribution in [-0.4, -0.2) is 105 Å². The highest BCUT2D eigenvalue weighted by Gasteiger charge is 2.16. The number of morpholine rings is 1. The molecule has 1 aromatic heterocycles. The molecular weight excluding hydrogens is 442 g/mol. The molecule has 1 amide bonds. The van der Waals surface area contributed by atoms with E-state index in [9.17, 15) is 4.79 Å². The van der Waals surface area contributed by atoms with Gasteiger partial charge in [-0.2, -0.15) is 0 Å². The molecular formula is C26H39N7O2. The number of likely N-dealkylation sites (N-methyl/N-ethyl adjacent to an activating group) is 1. The van der Waals surface area contributed by atoms with E-state index >= 15 is 0 Å². The lowest BCUT2D eigenvalue weighted by Crippen LogP contribution is -2.44. The van der Waals surface area contributed by atoms with Crippen LogP contribution < -0.4 is 15.5 Å². The van der Waals surface area contributed by atoms with Crippen LogP contribution in [0.3, 0.4) is 0 Å².